The van der Waals surface area contributed by atoms with Crippen molar-refractivity contribution in [3.63, 3.8) is 0 Å². The third kappa shape index (κ3) is 5.35. The molecule has 0 unspecified atom stereocenters. The molecular formula is C26H20BrFN2O4. The Balaban J connectivity index is 1.46. The van der Waals surface area contributed by atoms with Gasteiger partial charge in [0, 0.05) is 0 Å². The number of methoxy groups -OCH3 is 1. The molecule has 0 aromatic heterocycles. The number of nitrogens with zero attached hydrogens (tertiary/aromatic N) is 1. The molecule has 4 rings (SSSR count). The van der Waals surface area contributed by atoms with E-state index in [0.29, 0.717) is 21.5 Å². The second-order valence-electron chi connectivity index (χ2n) is 7.36. The van der Waals surface area contributed by atoms with Crippen LogP contribution in [0.2, 0.25) is 0 Å². The molecule has 0 aliphatic heterocycles. The number of phenolic OH excluding ortho intramolecular Hbond substituents is 1. The summed E-state index contributed by atoms with van der Waals surface area (Å²) in [6.07, 6.45) is 1.45. The molecule has 34 heavy (non-hydrogen) atoms. The number of halogens is 2. The van der Waals surface area contributed by atoms with Gasteiger partial charge in [-0.05, 0) is 74.2 Å². The van der Waals surface area contributed by atoms with E-state index in [9.17, 15) is 14.3 Å². The van der Waals surface area contributed by atoms with Gasteiger partial charge in [0.15, 0.2) is 11.5 Å². The monoisotopic (exact) mass is 522 g/mol. The zero-order valence-electron chi connectivity index (χ0n) is 18.1. The predicted octanol–water partition coefficient (Wildman–Crippen LogP) is 5.80. The number of hydrazone groups is 1. The molecule has 0 saturated heterocycles. The van der Waals surface area contributed by atoms with Gasteiger partial charge in [-0.25, -0.2) is 9.82 Å². The summed E-state index contributed by atoms with van der Waals surface area (Å²) in [5, 5.41) is 15.9. The molecule has 0 saturated carbocycles. The summed E-state index contributed by atoms with van der Waals surface area (Å²) in [6.45, 7) is 0.230. The van der Waals surface area contributed by atoms with Crippen molar-refractivity contribution < 1.29 is 23.8 Å². The summed E-state index contributed by atoms with van der Waals surface area (Å²) in [6, 6.07) is 20.1. The Bertz CT molecular complexity index is 1370. The highest BCUT2D eigenvalue weighted by Crippen LogP contribution is 2.37. The first-order chi connectivity index (χ1) is 16.4. The van der Waals surface area contributed by atoms with Crippen LogP contribution in [0.25, 0.3) is 10.8 Å². The predicted molar refractivity (Wildman–Crippen MR) is 132 cm³/mol. The number of amides is 1. The molecule has 0 bridgehead atoms. The van der Waals surface area contributed by atoms with Crippen molar-refractivity contribution in [2.45, 2.75) is 6.61 Å². The molecule has 0 aliphatic rings. The zero-order valence-corrected chi connectivity index (χ0v) is 19.7. The van der Waals surface area contributed by atoms with Crippen molar-refractivity contribution in [3.05, 3.63) is 99.8 Å². The van der Waals surface area contributed by atoms with Crippen LogP contribution in [0.3, 0.4) is 0 Å². The van der Waals surface area contributed by atoms with Crippen LogP contribution in [0.4, 0.5) is 4.39 Å². The van der Waals surface area contributed by atoms with Crippen LogP contribution in [0, 0.1) is 5.82 Å². The van der Waals surface area contributed by atoms with Gasteiger partial charge < -0.3 is 14.6 Å². The topological polar surface area (TPSA) is 80.2 Å². The van der Waals surface area contributed by atoms with Crippen molar-refractivity contribution in [1.82, 2.24) is 5.43 Å². The maximum Gasteiger partial charge on any atom is 0.275 e. The van der Waals surface area contributed by atoms with E-state index >= 15 is 0 Å². The van der Waals surface area contributed by atoms with E-state index < -0.39 is 5.91 Å². The maximum atomic E-state index is 13.1. The highest BCUT2D eigenvalue weighted by Gasteiger charge is 2.13. The fourth-order valence-corrected chi connectivity index (χ4v) is 3.90. The number of hydrogen-bond donors (Lipinski definition) is 2. The van der Waals surface area contributed by atoms with Gasteiger partial charge in [0.1, 0.15) is 18.2 Å². The molecule has 0 fully saturated rings. The SMILES string of the molecule is COc1cc(/C=N/NC(=O)c2cc3ccccc3cc2O)cc(Br)c1OCc1ccc(F)cc1. The lowest BCUT2D eigenvalue weighted by Gasteiger charge is -2.13. The minimum atomic E-state index is -0.537. The number of hydrogen-bond acceptors (Lipinski definition) is 5. The number of fused-ring (bicyclic) bond motifs is 1. The van der Waals surface area contributed by atoms with Crippen molar-refractivity contribution in [1.29, 1.82) is 0 Å². The molecule has 8 heteroatoms. The minimum absolute atomic E-state index is 0.124. The fraction of sp³-hybridized carbons (Fsp3) is 0.0769. The highest BCUT2D eigenvalue weighted by molar-refractivity contribution is 9.10. The first kappa shape index (κ1) is 23.3. The number of carbonyl (C=O) groups excluding carboxylic acids is 1. The van der Waals surface area contributed by atoms with E-state index in [1.807, 2.05) is 24.3 Å². The number of ether oxygens (including phenoxy) is 2. The summed E-state index contributed by atoms with van der Waals surface area (Å²) in [5.74, 6) is -0.0390. The molecule has 4 aromatic rings. The van der Waals surface area contributed by atoms with Gasteiger partial charge in [0.05, 0.1) is 23.4 Å². The third-order valence-corrected chi connectivity index (χ3v) is 5.63. The van der Waals surface area contributed by atoms with Gasteiger partial charge in [0.2, 0.25) is 0 Å². The molecule has 0 aliphatic carbocycles. The average Bonchev–Trinajstić information content (AvgIpc) is 2.83. The lowest BCUT2D eigenvalue weighted by atomic mass is 10.1. The number of nitrogens with one attached hydrogen (secondary N) is 1. The Kier molecular flexibility index (Phi) is 7.08. The Hall–Kier alpha value is -3.91. The van der Waals surface area contributed by atoms with Gasteiger partial charge in [-0.15, -0.1) is 0 Å². The molecule has 4 aromatic carbocycles. The summed E-state index contributed by atoms with van der Waals surface area (Å²) < 4.78 is 25.0. The zero-order chi connectivity index (χ0) is 24.1. The third-order valence-electron chi connectivity index (χ3n) is 5.04. The second kappa shape index (κ2) is 10.4. The van der Waals surface area contributed by atoms with Crippen LogP contribution in [0.1, 0.15) is 21.5 Å². The van der Waals surface area contributed by atoms with Crippen molar-refractivity contribution >= 4 is 38.8 Å². The first-order valence-corrected chi connectivity index (χ1v) is 11.0. The van der Waals surface area contributed by atoms with Crippen LogP contribution in [0.5, 0.6) is 17.2 Å². The molecule has 0 heterocycles. The number of aromatic hydroxyl groups is 1. The standard InChI is InChI=1S/C26H20BrFN2O4/c1-33-24-11-17(10-22(27)25(24)34-15-16-6-8-20(28)9-7-16)14-29-30-26(32)21-12-18-4-2-3-5-19(18)13-23(21)31/h2-14,31H,15H2,1H3,(H,30,32)/b29-14+. The summed E-state index contributed by atoms with van der Waals surface area (Å²) in [7, 11) is 1.51. The molecule has 172 valence electrons. The fourth-order valence-electron chi connectivity index (χ4n) is 3.33. The number of phenols is 1. The summed E-state index contributed by atoms with van der Waals surface area (Å²) in [5.41, 5.74) is 4.00. The molecule has 6 nitrogen and oxygen atoms in total. The van der Waals surface area contributed by atoms with E-state index in [1.165, 1.54) is 25.5 Å². The Morgan fingerprint density at radius 1 is 1.09 bits per heavy atom. The van der Waals surface area contributed by atoms with E-state index in [1.54, 1.807) is 36.4 Å². The number of rotatable bonds is 7. The van der Waals surface area contributed by atoms with Gasteiger partial charge in [0.25, 0.3) is 5.91 Å². The minimum Gasteiger partial charge on any atom is -0.507 e. The quantitative estimate of drug-likeness (QED) is 0.237. The Labute approximate surface area is 203 Å². The smallest absolute Gasteiger partial charge is 0.275 e. The molecule has 0 spiro atoms. The van der Waals surface area contributed by atoms with Crippen LogP contribution >= 0.6 is 15.9 Å². The van der Waals surface area contributed by atoms with Gasteiger partial charge in [-0.2, -0.15) is 5.10 Å². The van der Waals surface area contributed by atoms with Crippen molar-refractivity contribution in [3.8, 4) is 17.2 Å². The molecular weight excluding hydrogens is 503 g/mol. The largest absolute Gasteiger partial charge is 0.507 e. The summed E-state index contributed by atoms with van der Waals surface area (Å²) in [4.78, 5) is 12.5. The molecule has 0 radical (unpaired) electrons. The van der Waals surface area contributed by atoms with E-state index in [2.05, 4.69) is 26.5 Å². The van der Waals surface area contributed by atoms with Crippen LogP contribution in [-0.4, -0.2) is 24.3 Å². The lowest BCUT2D eigenvalue weighted by Crippen LogP contribution is -2.17. The van der Waals surface area contributed by atoms with E-state index in [0.717, 1.165) is 16.3 Å². The lowest BCUT2D eigenvalue weighted by molar-refractivity contribution is 0.0952. The van der Waals surface area contributed by atoms with Crippen molar-refractivity contribution in [2.75, 3.05) is 7.11 Å². The normalized spacial score (nSPS) is 11.0. The second-order valence-corrected chi connectivity index (χ2v) is 8.22. The molecule has 0 atom stereocenters. The summed E-state index contributed by atoms with van der Waals surface area (Å²) >= 11 is 3.47. The maximum absolute atomic E-state index is 13.1. The molecule has 2 N–H and O–H groups in total. The van der Waals surface area contributed by atoms with Gasteiger partial charge in [-0.1, -0.05) is 36.4 Å². The Morgan fingerprint density at radius 2 is 1.79 bits per heavy atom. The average molecular weight is 523 g/mol. The van der Waals surface area contributed by atoms with E-state index in [4.69, 9.17) is 9.47 Å². The van der Waals surface area contributed by atoms with Crippen LogP contribution < -0.4 is 14.9 Å². The van der Waals surface area contributed by atoms with Gasteiger partial charge in [-0.3, -0.25) is 4.79 Å². The number of carbonyl (C=O) groups is 1. The molecule has 1 amide bonds. The van der Waals surface area contributed by atoms with Gasteiger partial charge >= 0.3 is 0 Å². The van der Waals surface area contributed by atoms with Crippen LogP contribution in [-0.2, 0) is 6.61 Å². The Morgan fingerprint density at radius 3 is 2.50 bits per heavy atom. The van der Waals surface area contributed by atoms with Crippen LogP contribution in [0.15, 0.2) is 82.4 Å². The number of benzene rings is 4. The van der Waals surface area contributed by atoms with E-state index in [-0.39, 0.29) is 23.7 Å². The first-order valence-electron chi connectivity index (χ1n) is 10.2. The highest BCUT2D eigenvalue weighted by atomic mass is 79.9. The van der Waals surface area contributed by atoms with Crippen molar-refractivity contribution in [2.24, 2.45) is 5.10 Å².